The Morgan fingerprint density at radius 2 is 1.95 bits per heavy atom. The third-order valence-corrected chi connectivity index (χ3v) is 5.01. The molecule has 0 saturated carbocycles. The van der Waals surface area contributed by atoms with E-state index in [1.807, 2.05) is 6.92 Å². The van der Waals surface area contributed by atoms with Gasteiger partial charge in [-0.05, 0) is 46.5 Å². The van der Waals surface area contributed by atoms with Gasteiger partial charge in [-0.15, -0.1) is 0 Å². The van der Waals surface area contributed by atoms with Gasteiger partial charge in [0.15, 0.2) is 0 Å². The summed E-state index contributed by atoms with van der Waals surface area (Å²) >= 11 is 3.18. The van der Waals surface area contributed by atoms with E-state index in [0.29, 0.717) is 4.47 Å². The topological polar surface area (TPSA) is 83.5 Å². The molecule has 0 saturated heterocycles. The van der Waals surface area contributed by atoms with Gasteiger partial charge in [0.1, 0.15) is 6.04 Å². The van der Waals surface area contributed by atoms with Gasteiger partial charge in [0.25, 0.3) is 0 Å². The molecule has 0 aliphatic rings. The van der Waals surface area contributed by atoms with Crippen molar-refractivity contribution in [2.24, 2.45) is 5.92 Å². The van der Waals surface area contributed by atoms with Crippen LogP contribution in [0.25, 0.3) is 0 Å². The Balaban J connectivity index is 3.14. The Labute approximate surface area is 121 Å². The van der Waals surface area contributed by atoms with Gasteiger partial charge in [-0.3, -0.25) is 4.79 Å². The monoisotopic (exact) mass is 349 g/mol. The second kappa shape index (κ2) is 6.02. The van der Waals surface area contributed by atoms with Gasteiger partial charge < -0.3 is 5.11 Å². The quantitative estimate of drug-likeness (QED) is 0.852. The molecule has 0 aromatic heterocycles. The molecule has 1 rings (SSSR count). The van der Waals surface area contributed by atoms with Gasteiger partial charge in [-0.1, -0.05) is 19.9 Å². The van der Waals surface area contributed by atoms with E-state index in [2.05, 4.69) is 20.7 Å². The van der Waals surface area contributed by atoms with Crippen molar-refractivity contribution in [3.8, 4) is 0 Å². The molecule has 0 heterocycles. The average Bonchev–Trinajstić information content (AvgIpc) is 2.24. The van der Waals surface area contributed by atoms with E-state index in [1.165, 1.54) is 6.07 Å². The fourth-order valence-electron chi connectivity index (χ4n) is 1.53. The number of carboxylic acids is 1. The van der Waals surface area contributed by atoms with Gasteiger partial charge >= 0.3 is 5.97 Å². The molecule has 1 atom stereocenters. The predicted molar refractivity (Wildman–Crippen MR) is 75.5 cm³/mol. The third kappa shape index (κ3) is 4.02. The second-order valence-electron chi connectivity index (χ2n) is 4.62. The van der Waals surface area contributed by atoms with Gasteiger partial charge in [-0.2, -0.15) is 4.72 Å². The lowest BCUT2D eigenvalue weighted by Crippen LogP contribution is -2.44. The maximum Gasteiger partial charge on any atom is 0.322 e. The molecule has 19 heavy (non-hydrogen) atoms. The minimum absolute atomic E-state index is 0.0324. The summed E-state index contributed by atoms with van der Waals surface area (Å²) in [7, 11) is -3.87. The summed E-state index contributed by atoms with van der Waals surface area (Å²) < 4.78 is 27.0. The molecule has 0 unspecified atom stereocenters. The van der Waals surface area contributed by atoms with Crippen LogP contribution in [0.4, 0.5) is 0 Å². The zero-order valence-corrected chi connectivity index (χ0v) is 13.2. The highest BCUT2D eigenvalue weighted by Gasteiger charge is 2.28. The largest absolute Gasteiger partial charge is 0.480 e. The Hall–Kier alpha value is -0.920. The first-order valence-electron chi connectivity index (χ1n) is 5.66. The van der Waals surface area contributed by atoms with E-state index in [1.54, 1.807) is 26.0 Å². The van der Waals surface area contributed by atoms with Crippen molar-refractivity contribution in [2.75, 3.05) is 0 Å². The van der Waals surface area contributed by atoms with Crippen LogP contribution in [-0.2, 0) is 14.8 Å². The average molecular weight is 350 g/mol. The Morgan fingerprint density at radius 1 is 1.37 bits per heavy atom. The molecule has 0 bridgehead atoms. The van der Waals surface area contributed by atoms with Gasteiger partial charge in [0.2, 0.25) is 10.0 Å². The van der Waals surface area contributed by atoms with E-state index in [9.17, 15) is 13.2 Å². The van der Waals surface area contributed by atoms with Gasteiger partial charge in [0, 0.05) is 4.47 Å². The lowest BCUT2D eigenvalue weighted by Gasteiger charge is -2.18. The number of carbonyl (C=O) groups is 1. The van der Waals surface area contributed by atoms with Crippen LogP contribution in [-0.4, -0.2) is 25.5 Å². The zero-order chi connectivity index (χ0) is 14.8. The fraction of sp³-hybridized carbons (Fsp3) is 0.417. The second-order valence-corrected chi connectivity index (χ2v) is 7.15. The lowest BCUT2D eigenvalue weighted by atomic mass is 10.1. The maximum absolute atomic E-state index is 12.2. The normalized spacial score (nSPS) is 13.5. The smallest absolute Gasteiger partial charge is 0.322 e. The van der Waals surface area contributed by atoms with Crippen molar-refractivity contribution >= 4 is 31.9 Å². The molecule has 0 fully saturated rings. The molecule has 7 heteroatoms. The maximum atomic E-state index is 12.2. The summed E-state index contributed by atoms with van der Waals surface area (Å²) in [6.45, 7) is 5.12. The molecule has 0 spiro atoms. The van der Waals surface area contributed by atoms with Crippen molar-refractivity contribution in [1.29, 1.82) is 0 Å². The van der Waals surface area contributed by atoms with Crippen LogP contribution in [0.3, 0.4) is 0 Å². The number of benzene rings is 1. The first-order chi connectivity index (χ1) is 8.65. The van der Waals surface area contributed by atoms with E-state index >= 15 is 0 Å². The molecular weight excluding hydrogens is 334 g/mol. The number of halogens is 1. The minimum Gasteiger partial charge on any atom is -0.480 e. The highest BCUT2D eigenvalue weighted by atomic mass is 79.9. The van der Waals surface area contributed by atoms with Crippen molar-refractivity contribution in [3.63, 3.8) is 0 Å². The van der Waals surface area contributed by atoms with Crippen LogP contribution < -0.4 is 4.72 Å². The number of sulfonamides is 1. The van der Waals surface area contributed by atoms with Gasteiger partial charge in [-0.25, -0.2) is 8.42 Å². The Morgan fingerprint density at radius 3 is 2.37 bits per heavy atom. The third-order valence-electron chi connectivity index (χ3n) is 2.59. The molecule has 0 amide bonds. The van der Waals surface area contributed by atoms with Crippen molar-refractivity contribution in [2.45, 2.75) is 31.7 Å². The van der Waals surface area contributed by atoms with Gasteiger partial charge in [0.05, 0.1) is 4.90 Å². The molecule has 0 radical (unpaired) electrons. The summed E-state index contributed by atoms with van der Waals surface area (Å²) in [4.78, 5) is 11.1. The summed E-state index contributed by atoms with van der Waals surface area (Å²) in [5, 5.41) is 9.03. The zero-order valence-electron chi connectivity index (χ0n) is 10.8. The van der Waals surface area contributed by atoms with Crippen LogP contribution in [0.2, 0.25) is 0 Å². The molecule has 2 N–H and O–H groups in total. The first-order valence-corrected chi connectivity index (χ1v) is 7.94. The van der Waals surface area contributed by atoms with Crippen LogP contribution in [0.5, 0.6) is 0 Å². The molecular formula is C12H16BrNO4S. The highest BCUT2D eigenvalue weighted by Crippen LogP contribution is 2.23. The number of hydrogen-bond acceptors (Lipinski definition) is 3. The van der Waals surface area contributed by atoms with Crippen LogP contribution in [0.1, 0.15) is 19.4 Å². The summed E-state index contributed by atoms with van der Waals surface area (Å²) in [5.41, 5.74) is 0.907. The van der Waals surface area contributed by atoms with E-state index in [-0.39, 0.29) is 10.8 Å². The fourth-order valence-corrected chi connectivity index (χ4v) is 4.06. The highest BCUT2D eigenvalue weighted by molar-refractivity contribution is 9.10. The molecule has 5 nitrogen and oxygen atoms in total. The van der Waals surface area contributed by atoms with E-state index in [4.69, 9.17) is 5.11 Å². The first kappa shape index (κ1) is 16.1. The minimum atomic E-state index is -3.87. The van der Waals surface area contributed by atoms with Crippen LogP contribution >= 0.6 is 15.9 Å². The van der Waals surface area contributed by atoms with E-state index < -0.39 is 22.0 Å². The Kier molecular flexibility index (Phi) is 5.11. The van der Waals surface area contributed by atoms with E-state index in [0.717, 1.165) is 5.56 Å². The van der Waals surface area contributed by atoms with Crippen LogP contribution in [0.15, 0.2) is 27.6 Å². The van der Waals surface area contributed by atoms with Crippen molar-refractivity contribution in [1.82, 2.24) is 4.72 Å². The molecule has 106 valence electrons. The number of aliphatic carboxylic acids is 1. The number of aryl methyl sites for hydroxylation is 1. The molecule has 1 aromatic rings. The number of hydrogen-bond donors (Lipinski definition) is 2. The summed E-state index contributed by atoms with van der Waals surface area (Å²) in [6.07, 6.45) is 0. The summed E-state index contributed by atoms with van der Waals surface area (Å²) in [6, 6.07) is 3.61. The van der Waals surface area contributed by atoms with Crippen molar-refractivity contribution in [3.05, 3.63) is 28.2 Å². The Bertz CT molecular complexity index is 583. The standard InChI is InChI=1S/C12H16BrNO4S/c1-7(2)11(12(15)16)14-19(17,18)10-5-4-8(3)6-9(10)13/h4-7,11,14H,1-3H3,(H,15,16)/t11-/m0/s1. The summed E-state index contributed by atoms with van der Waals surface area (Å²) in [5.74, 6) is -1.54. The number of nitrogens with one attached hydrogen (secondary N) is 1. The number of rotatable bonds is 5. The lowest BCUT2D eigenvalue weighted by molar-refractivity contribution is -0.140. The number of carboxylic acid groups (broad SMARTS) is 1. The molecule has 1 aromatic carbocycles. The van der Waals surface area contributed by atoms with Crippen LogP contribution in [0, 0.1) is 12.8 Å². The molecule has 0 aliphatic carbocycles. The SMILES string of the molecule is Cc1ccc(S(=O)(=O)N[C@H](C(=O)O)C(C)C)c(Br)c1. The predicted octanol–water partition coefficient (Wildman–Crippen LogP) is 2.15. The van der Waals surface area contributed by atoms with Crippen molar-refractivity contribution < 1.29 is 18.3 Å². The molecule has 0 aliphatic heterocycles.